The summed E-state index contributed by atoms with van der Waals surface area (Å²) in [5.74, 6) is 1.76. The normalized spacial score (nSPS) is 11.9. The van der Waals surface area contributed by atoms with E-state index in [1.165, 1.54) is 0 Å². The molecule has 6 heteroatoms. The number of nitrogens with zero attached hydrogens (tertiary/aromatic N) is 2. The Labute approximate surface area is 156 Å². The van der Waals surface area contributed by atoms with Crippen molar-refractivity contribution in [2.75, 3.05) is 18.8 Å². The standard InChI is InChI=1S/C21H18N2O4/c1-25-18-6-2-5-17(11-18)23(13-15-4-3-9-22-12-15)21(24)16-7-8-19-20(10-16)27-14-26-19/h2-12H,13-14H2,1H3. The summed E-state index contributed by atoms with van der Waals surface area (Å²) >= 11 is 0. The van der Waals surface area contributed by atoms with Gasteiger partial charge in [-0.1, -0.05) is 12.1 Å². The maximum absolute atomic E-state index is 13.3. The van der Waals surface area contributed by atoms with Crippen molar-refractivity contribution in [2.45, 2.75) is 6.54 Å². The lowest BCUT2D eigenvalue weighted by Crippen LogP contribution is -2.30. The molecule has 0 unspecified atom stereocenters. The van der Waals surface area contributed by atoms with Crippen LogP contribution in [0, 0.1) is 0 Å². The number of hydrogen-bond acceptors (Lipinski definition) is 5. The third-order valence-electron chi connectivity index (χ3n) is 4.29. The number of anilines is 1. The number of aromatic nitrogens is 1. The van der Waals surface area contributed by atoms with Crippen molar-refractivity contribution in [1.82, 2.24) is 4.98 Å². The van der Waals surface area contributed by atoms with E-state index >= 15 is 0 Å². The van der Waals surface area contributed by atoms with Gasteiger partial charge in [-0.15, -0.1) is 0 Å². The van der Waals surface area contributed by atoms with Crippen molar-refractivity contribution >= 4 is 11.6 Å². The third kappa shape index (κ3) is 3.55. The summed E-state index contributed by atoms with van der Waals surface area (Å²) in [4.78, 5) is 19.2. The minimum Gasteiger partial charge on any atom is -0.497 e. The molecule has 1 aliphatic rings. The van der Waals surface area contributed by atoms with Crippen LogP contribution in [0.1, 0.15) is 15.9 Å². The molecule has 0 saturated heterocycles. The largest absolute Gasteiger partial charge is 0.497 e. The number of carbonyl (C=O) groups excluding carboxylic acids is 1. The van der Waals surface area contributed by atoms with Crippen molar-refractivity contribution in [3.8, 4) is 17.2 Å². The highest BCUT2D eigenvalue weighted by atomic mass is 16.7. The van der Waals surface area contributed by atoms with Crippen LogP contribution >= 0.6 is 0 Å². The minimum atomic E-state index is -0.148. The Morgan fingerprint density at radius 3 is 2.81 bits per heavy atom. The van der Waals surface area contributed by atoms with Gasteiger partial charge in [-0.25, -0.2) is 0 Å². The molecule has 0 bridgehead atoms. The van der Waals surface area contributed by atoms with Crippen molar-refractivity contribution in [2.24, 2.45) is 0 Å². The summed E-state index contributed by atoms with van der Waals surface area (Å²) in [5, 5.41) is 0. The van der Waals surface area contributed by atoms with Gasteiger partial charge >= 0.3 is 0 Å². The Hall–Kier alpha value is -3.54. The van der Waals surface area contributed by atoms with Gasteiger partial charge in [-0.2, -0.15) is 0 Å². The molecule has 0 saturated carbocycles. The molecule has 0 fully saturated rings. The molecule has 1 aromatic heterocycles. The maximum Gasteiger partial charge on any atom is 0.258 e. The van der Waals surface area contributed by atoms with Crippen LogP contribution in [0.25, 0.3) is 0 Å². The Morgan fingerprint density at radius 2 is 2.00 bits per heavy atom. The van der Waals surface area contributed by atoms with Gasteiger partial charge in [-0.3, -0.25) is 9.78 Å². The highest BCUT2D eigenvalue weighted by molar-refractivity contribution is 6.06. The Morgan fingerprint density at radius 1 is 1.11 bits per heavy atom. The van der Waals surface area contributed by atoms with Crippen LogP contribution in [0.4, 0.5) is 5.69 Å². The van der Waals surface area contributed by atoms with E-state index in [2.05, 4.69) is 4.98 Å². The smallest absolute Gasteiger partial charge is 0.258 e. The lowest BCUT2D eigenvalue weighted by molar-refractivity contribution is 0.0984. The van der Waals surface area contributed by atoms with Crippen molar-refractivity contribution in [1.29, 1.82) is 0 Å². The maximum atomic E-state index is 13.3. The molecule has 27 heavy (non-hydrogen) atoms. The highest BCUT2D eigenvalue weighted by Gasteiger charge is 2.22. The van der Waals surface area contributed by atoms with Gasteiger partial charge in [0.2, 0.25) is 6.79 Å². The summed E-state index contributed by atoms with van der Waals surface area (Å²) in [5.41, 5.74) is 2.18. The van der Waals surface area contributed by atoms with Crippen molar-refractivity contribution in [3.05, 3.63) is 78.1 Å². The Kier molecular flexibility index (Phi) is 4.61. The predicted molar refractivity (Wildman–Crippen MR) is 100 cm³/mol. The minimum absolute atomic E-state index is 0.148. The summed E-state index contributed by atoms with van der Waals surface area (Å²) in [6.45, 7) is 0.552. The zero-order chi connectivity index (χ0) is 18.6. The SMILES string of the molecule is COc1cccc(N(Cc2cccnc2)C(=O)c2ccc3c(c2)OCO3)c1. The lowest BCUT2D eigenvalue weighted by atomic mass is 10.1. The zero-order valence-corrected chi connectivity index (χ0v) is 14.8. The molecule has 3 aromatic rings. The monoisotopic (exact) mass is 362 g/mol. The molecule has 4 rings (SSSR count). The summed E-state index contributed by atoms with van der Waals surface area (Å²) in [6.07, 6.45) is 3.46. The topological polar surface area (TPSA) is 60.9 Å². The van der Waals surface area contributed by atoms with Gasteiger partial charge in [0.25, 0.3) is 5.91 Å². The fourth-order valence-electron chi connectivity index (χ4n) is 2.92. The number of hydrogen-bond donors (Lipinski definition) is 0. The molecule has 0 spiro atoms. The van der Waals surface area contributed by atoms with E-state index in [4.69, 9.17) is 14.2 Å². The molecule has 1 amide bonds. The average molecular weight is 362 g/mol. The second kappa shape index (κ2) is 7.37. The van der Waals surface area contributed by atoms with Crippen LogP contribution < -0.4 is 19.1 Å². The fraction of sp³-hybridized carbons (Fsp3) is 0.143. The zero-order valence-electron chi connectivity index (χ0n) is 14.8. The third-order valence-corrected chi connectivity index (χ3v) is 4.29. The molecule has 0 atom stereocenters. The molecular formula is C21H18N2O4. The van der Waals surface area contributed by atoms with Gasteiger partial charge in [0.05, 0.1) is 13.7 Å². The van der Waals surface area contributed by atoms with E-state index in [9.17, 15) is 4.79 Å². The van der Waals surface area contributed by atoms with E-state index in [0.29, 0.717) is 29.4 Å². The molecule has 2 aromatic carbocycles. The Bertz CT molecular complexity index is 959. The summed E-state index contributed by atoms with van der Waals surface area (Å²) in [7, 11) is 1.60. The van der Waals surface area contributed by atoms with Crippen molar-refractivity contribution < 1.29 is 19.0 Å². The van der Waals surface area contributed by atoms with Gasteiger partial charge in [0.1, 0.15) is 5.75 Å². The first-order valence-electron chi connectivity index (χ1n) is 8.49. The molecule has 0 aliphatic carbocycles. The average Bonchev–Trinajstić information content (AvgIpc) is 3.20. The first-order chi connectivity index (χ1) is 13.2. The van der Waals surface area contributed by atoms with Crippen LogP contribution in [-0.4, -0.2) is 24.8 Å². The second-order valence-corrected chi connectivity index (χ2v) is 6.02. The van der Waals surface area contributed by atoms with E-state index in [-0.39, 0.29) is 12.7 Å². The van der Waals surface area contributed by atoms with Crippen LogP contribution in [0.2, 0.25) is 0 Å². The molecule has 6 nitrogen and oxygen atoms in total. The van der Waals surface area contributed by atoms with Gasteiger partial charge in [-0.05, 0) is 42.0 Å². The lowest BCUT2D eigenvalue weighted by Gasteiger charge is -2.23. The number of methoxy groups -OCH3 is 1. The van der Waals surface area contributed by atoms with E-state index in [0.717, 1.165) is 11.3 Å². The molecule has 136 valence electrons. The number of amides is 1. The van der Waals surface area contributed by atoms with Crippen LogP contribution in [-0.2, 0) is 6.54 Å². The highest BCUT2D eigenvalue weighted by Crippen LogP contribution is 2.33. The number of fused-ring (bicyclic) bond motifs is 1. The predicted octanol–water partition coefficient (Wildman–Crippen LogP) is 3.67. The van der Waals surface area contributed by atoms with Crippen LogP contribution in [0.3, 0.4) is 0 Å². The molecule has 0 N–H and O–H groups in total. The van der Waals surface area contributed by atoms with Gasteiger partial charge < -0.3 is 19.1 Å². The van der Waals surface area contributed by atoms with Crippen LogP contribution in [0.15, 0.2) is 67.0 Å². The van der Waals surface area contributed by atoms with Crippen molar-refractivity contribution in [3.63, 3.8) is 0 Å². The van der Waals surface area contributed by atoms with Gasteiger partial charge in [0, 0.05) is 29.7 Å². The summed E-state index contributed by atoms with van der Waals surface area (Å²) < 4.78 is 16.1. The second-order valence-electron chi connectivity index (χ2n) is 6.02. The first-order valence-corrected chi connectivity index (χ1v) is 8.49. The number of benzene rings is 2. The molecule has 2 heterocycles. The van der Waals surface area contributed by atoms with Crippen LogP contribution in [0.5, 0.6) is 17.2 Å². The quantitative estimate of drug-likeness (QED) is 0.693. The molecule has 1 aliphatic heterocycles. The Balaban J connectivity index is 1.71. The fourth-order valence-corrected chi connectivity index (χ4v) is 2.92. The van der Waals surface area contributed by atoms with E-state index < -0.39 is 0 Å². The van der Waals surface area contributed by atoms with Gasteiger partial charge in [0.15, 0.2) is 11.5 Å². The number of ether oxygens (including phenoxy) is 3. The first kappa shape index (κ1) is 16.9. The number of pyridine rings is 1. The number of rotatable bonds is 5. The summed E-state index contributed by atoms with van der Waals surface area (Å²) in [6, 6.07) is 16.4. The molecular weight excluding hydrogens is 344 g/mol. The molecule has 0 radical (unpaired) electrons. The van der Waals surface area contributed by atoms with E-state index in [1.807, 2.05) is 36.4 Å². The van der Waals surface area contributed by atoms with E-state index in [1.54, 1.807) is 42.6 Å². The number of carbonyl (C=O) groups is 1.